The van der Waals surface area contributed by atoms with Crippen LogP contribution < -0.4 is 0 Å². The fourth-order valence-corrected chi connectivity index (χ4v) is 4.87. The van der Waals surface area contributed by atoms with Crippen LogP contribution in [-0.2, 0) is 9.47 Å². The summed E-state index contributed by atoms with van der Waals surface area (Å²) in [6, 6.07) is 29.7. The Morgan fingerprint density at radius 1 is 0.571 bits per heavy atom. The molecule has 0 atom stereocenters. The minimum absolute atomic E-state index is 0.378. The van der Waals surface area contributed by atoms with Crippen LogP contribution in [0.15, 0.2) is 91.0 Å². The third-order valence-electron chi connectivity index (χ3n) is 6.38. The first kappa shape index (κ1) is 22.4. The van der Waals surface area contributed by atoms with Crippen LogP contribution in [0.25, 0.3) is 43.8 Å². The second-order valence-corrected chi connectivity index (χ2v) is 8.44. The van der Waals surface area contributed by atoms with E-state index in [9.17, 15) is 9.59 Å². The van der Waals surface area contributed by atoms with Gasteiger partial charge in [0.2, 0.25) is 0 Å². The van der Waals surface area contributed by atoms with Gasteiger partial charge in [-0.1, -0.05) is 66.7 Å². The molecule has 0 saturated heterocycles. The van der Waals surface area contributed by atoms with Crippen molar-refractivity contribution in [2.45, 2.75) is 6.92 Å². The van der Waals surface area contributed by atoms with Gasteiger partial charge in [0.15, 0.2) is 0 Å². The Morgan fingerprint density at radius 2 is 1.09 bits per heavy atom. The minimum Gasteiger partial charge on any atom is -0.465 e. The molecule has 0 aliphatic rings. The maximum Gasteiger partial charge on any atom is 0.337 e. The molecule has 35 heavy (non-hydrogen) atoms. The second kappa shape index (κ2) is 9.07. The van der Waals surface area contributed by atoms with Gasteiger partial charge in [0.1, 0.15) is 0 Å². The summed E-state index contributed by atoms with van der Waals surface area (Å²) in [4.78, 5) is 25.0. The van der Waals surface area contributed by atoms with E-state index in [2.05, 4.69) is 24.3 Å². The predicted molar refractivity (Wildman–Crippen MR) is 140 cm³/mol. The van der Waals surface area contributed by atoms with Crippen molar-refractivity contribution in [3.8, 4) is 22.3 Å². The van der Waals surface area contributed by atoms with Gasteiger partial charge in [-0.15, -0.1) is 0 Å². The van der Waals surface area contributed by atoms with Gasteiger partial charge in [-0.3, -0.25) is 0 Å². The molecule has 0 heterocycles. The Balaban J connectivity index is 2.06. The third kappa shape index (κ3) is 3.83. The molecule has 4 nitrogen and oxygen atoms in total. The molecule has 5 aromatic rings. The van der Waals surface area contributed by atoms with Crippen molar-refractivity contribution in [1.82, 2.24) is 0 Å². The van der Waals surface area contributed by atoms with E-state index in [4.69, 9.17) is 9.47 Å². The first-order valence-corrected chi connectivity index (χ1v) is 11.3. The highest BCUT2D eigenvalue weighted by atomic mass is 16.5. The summed E-state index contributed by atoms with van der Waals surface area (Å²) >= 11 is 0. The average molecular weight is 461 g/mol. The van der Waals surface area contributed by atoms with Gasteiger partial charge in [0, 0.05) is 0 Å². The topological polar surface area (TPSA) is 52.6 Å². The molecule has 0 spiro atoms. The Bertz CT molecular complexity index is 1590. The second-order valence-electron chi connectivity index (χ2n) is 8.44. The fourth-order valence-electron chi connectivity index (χ4n) is 4.87. The lowest BCUT2D eigenvalue weighted by molar-refractivity contribution is 0.0592. The van der Waals surface area contributed by atoms with E-state index >= 15 is 0 Å². The van der Waals surface area contributed by atoms with Crippen molar-refractivity contribution in [2.24, 2.45) is 0 Å². The van der Waals surface area contributed by atoms with Crippen molar-refractivity contribution in [1.29, 1.82) is 0 Å². The van der Waals surface area contributed by atoms with Crippen LogP contribution in [-0.4, -0.2) is 26.2 Å². The number of methoxy groups -OCH3 is 2. The number of ether oxygens (including phenoxy) is 2. The van der Waals surface area contributed by atoms with Gasteiger partial charge in [-0.25, -0.2) is 9.59 Å². The molecule has 0 fully saturated rings. The summed E-state index contributed by atoms with van der Waals surface area (Å²) < 4.78 is 10.1. The van der Waals surface area contributed by atoms with Gasteiger partial charge in [-0.2, -0.15) is 0 Å². The van der Waals surface area contributed by atoms with Crippen molar-refractivity contribution >= 4 is 33.5 Å². The van der Waals surface area contributed by atoms with Gasteiger partial charge >= 0.3 is 11.9 Å². The van der Waals surface area contributed by atoms with Crippen LogP contribution in [0, 0.1) is 6.92 Å². The van der Waals surface area contributed by atoms with Gasteiger partial charge in [0.25, 0.3) is 0 Å². The lowest BCUT2D eigenvalue weighted by Gasteiger charge is -2.21. The van der Waals surface area contributed by atoms with Crippen LogP contribution in [0.4, 0.5) is 0 Å². The van der Waals surface area contributed by atoms with E-state index in [0.29, 0.717) is 11.1 Å². The smallest absolute Gasteiger partial charge is 0.337 e. The fraction of sp³-hybridized carbons (Fsp3) is 0.0968. The SMILES string of the molecule is COC(=O)c1ccc2c(c1)c(-c1ccccc1)c(-c1ccccc1)c1cc(C(=O)OC)cc(C)c12. The molecule has 0 aliphatic heterocycles. The van der Waals surface area contributed by atoms with Gasteiger partial charge in [-0.05, 0) is 80.6 Å². The number of rotatable bonds is 4. The summed E-state index contributed by atoms with van der Waals surface area (Å²) in [6.07, 6.45) is 0. The van der Waals surface area contributed by atoms with Crippen LogP contribution in [0.2, 0.25) is 0 Å². The summed E-state index contributed by atoms with van der Waals surface area (Å²) in [6.45, 7) is 2.00. The first-order valence-electron chi connectivity index (χ1n) is 11.3. The molecule has 0 unspecified atom stereocenters. The highest BCUT2D eigenvalue weighted by Gasteiger charge is 2.21. The first-order chi connectivity index (χ1) is 17.0. The predicted octanol–water partition coefficient (Wildman–Crippen LogP) is 7.21. The van der Waals surface area contributed by atoms with Gasteiger partial charge < -0.3 is 9.47 Å². The number of fused-ring (bicyclic) bond motifs is 3. The Kier molecular flexibility index (Phi) is 5.79. The summed E-state index contributed by atoms with van der Waals surface area (Å²) in [5.74, 6) is -0.763. The number of benzene rings is 5. The molecule has 5 aromatic carbocycles. The molecule has 5 rings (SSSR count). The number of aryl methyl sites for hydroxylation is 1. The Morgan fingerprint density at radius 3 is 1.66 bits per heavy atom. The van der Waals surface area contributed by atoms with Crippen molar-refractivity contribution in [3.63, 3.8) is 0 Å². The zero-order chi connectivity index (χ0) is 24.5. The number of carbonyl (C=O) groups is 2. The Hall–Kier alpha value is -4.44. The van der Waals surface area contributed by atoms with E-state index in [-0.39, 0.29) is 11.9 Å². The molecule has 4 heteroatoms. The van der Waals surface area contributed by atoms with E-state index in [1.807, 2.05) is 67.6 Å². The van der Waals surface area contributed by atoms with Crippen LogP contribution in [0.1, 0.15) is 26.3 Å². The molecule has 0 N–H and O–H groups in total. The highest BCUT2D eigenvalue weighted by Crippen LogP contribution is 2.46. The van der Waals surface area contributed by atoms with Crippen LogP contribution in [0.5, 0.6) is 0 Å². The van der Waals surface area contributed by atoms with E-state index in [0.717, 1.165) is 49.4 Å². The van der Waals surface area contributed by atoms with Gasteiger partial charge in [0.05, 0.1) is 25.3 Å². The number of esters is 2. The monoisotopic (exact) mass is 460 g/mol. The number of carbonyl (C=O) groups excluding carboxylic acids is 2. The summed E-state index contributed by atoms with van der Waals surface area (Å²) in [7, 11) is 2.78. The van der Waals surface area contributed by atoms with Crippen molar-refractivity contribution in [3.05, 3.63) is 108 Å². The largest absolute Gasteiger partial charge is 0.465 e. The number of hydrogen-bond donors (Lipinski definition) is 0. The maximum absolute atomic E-state index is 12.6. The summed E-state index contributed by atoms with van der Waals surface area (Å²) in [5.41, 5.74) is 5.96. The minimum atomic E-state index is -0.384. The average Bonchev–Trinajstić information content (AvgIpc) is 2.91. The van der Waals surface area contributed by atoms with Crippen molar-refractivity contribution in [2.75, 3.05) is 14.2 Å². The van der Waals surface area contributed by atoms with E-state index in [1.54, 1.807) is 6.07 Å². The summed E-state index contributed by atoms with van der Waals surface area (Å²) in [5, 5.41) is 3.93. The normalized spacial score (nSPS) is 10.9. The standard InChI is InChI=1S/C31H24O4/c1-19-16-23(31(33)35-3)18-26-27(19)24-15-14-22(30(32)34-2)17-25(24)28(20-10-6-4-7-11-20)29(26)21-12-8-5-9-13-21/h4-18H,1-3H3. The third-order valence-corrected chi connectivity index (χ3v) is 6.38. The highest BCUT2D eigenvalue weighted by molar-refractivity contribution is 6.24. The molecule has 0 saturated carbocycles. The van der Waals surface area contributed by atoms with Crippen LogP contribution in [0.3, 0.4) is 0 Å². The molecule has 0 aromatic heterocycles. The molecule has 0 amide bonds. The molecular weight excluding hydrogens is 436 g/mol. The van der Waals surface area contributed by atoms with Crippen LogP contribution >= 0.6 is 0 Å². The molecule has 0 aliphatic carbocycles. The molecular formula is C31H24O4. The molecule has 0 radical (unpaired) electrons. The van der Waals surface area contributed by atoms with E-state index in [1.165, 1.54) is 14.2 Å². The molecule has 172 valence electrons. The lowest BCUT2D eigenvalue weighted by Crippen LogP contribution is -2.04. The zero-order valence-corrected chi connectivity index (χ0v) is 19.8. The maximum atomic E-state index is 12.6. The van der Waals surface area contributed by atoms with Crippen molar-refractivity contribution < 1.29 is 19.1 Å². The zero-order valence-electron chi connectivity index (χ0n) is 19.8. The van der Waals surface area contributed by atoms with E-state index < -0.39 is 0 Å². The quantitative estimate of drug-likeness (QED) is 0.210. The molecule has 0 bridgehead atoms. The number of hydrogen-bond acceptors (Lipinski definition) is 4. The Labute approximate surface area is 203 Å². The lowest BCUT2D eigenvalue weighted by atomic mass is 9.83.